The lowest BCUT2D eigenvalue weighted by molar-refractivity contribution is -0.158. The van der Waals surface area contributed by atoms with Crippen LogP contribution in [0.25, 0.3) is 0 Å². The van der Waals surface area contributed by atoms with Gasteiger partial charge >= 0.3 is 0 Å². The van der Waals surface area contributed by atoms with Gasteiger partial charge < -0.3 is 19.0 Å². The highest BCUT2D eigenvalue weighted by molar-refractivity contribution is 7.85. The third-order valence-corrected chi connectivity index (χ3v) is 9.53. The fourth-order valence-electron chi connectivity index (χ4n) is 2.11. The third kappa shape index (κ3) is 6.36. The van der Waals surface area contributed by atoms with Crippen molar-refractivity contribution in [3.05, 3.63) is 0 Å². The van der Waals surface area contributed by atoms with Gasteiger partial charge in [-0.3, -0.25) is 4.18 Å². The van der Waals surface area contributed by atoms with Crippen molar-refractivity contribution in [3.63, 3.8) is 0 Å². The Balaban J connectivity index is 2.73. The van der Waals surface area contributed by atoms with Gasteiger partial charge in [0.2, 0.25) is 0 Å². The predicted octanol–water partition coefficient (Wildman–Crippen LogP) is 1.87. The summed E-state index contributed by atoms with van der Waals surface area (Å²) in [4.78, 5) is 0. The molecule has 1 heterocycles. The molecular weight excluding hydrogens is 352 g/mol. The molecule has 0 radical (unpaired) electrons. The molecule has 0 bridgehead atoms. The molecule has 0 amide bonds. The van der Waals surface area contributed by atoms with E-state index in [9.17, 15) is 13.5 Å². The maximum atomic E-state index is 11.2. The molecular formula is C15H32O7SSi. The van der Waals surface area contributed by atoms with Crippen molar-refractivity contribution in [1.82, 2.24) is 0 Å². The number of hydrogen-bond acceptors (Lipinski definition) is 7. The Morgan fingerprint density at radius 2 is 1.79 bits per heavy atom. The molecule has 1 unspecified atom stereocenters. The lowest BCUT2D eigenvalue weighted by Crippen LogP contribution is -2.46. The monoisotopic (exact) mass is 384 g/mol. The molecule has 1 saturated heterocycles. The number of aliphatic hydroxyl groups is 1. The Hall–Kier alpha value is -0.0331. The van der Waals surface area contributed by atoms with Gasteiger partial charge in [0.1, 0.15) is 18.3 Å². The first kappa shape index (κ1) is 22.0. The topological polar surface area (TPSA) is 91.3 Å². The second kappa shape index (κ2) is 7.30. The molecule has 0 aromatic carbocycles. The van der Waals surface area contributed by atoms with Crippen molar-refractivity contribution in [3.8, 4) is 0 Å². The van der Waals surface area contributed by atoms with Gasteiger partial charge in [-0.25, -0.2) is 0 Å². The highest BCUT2D eigenvalue weighted by atomic mass is 32.2. The van der Waals surface area contributed by atoms with E-state index in [4.69, 9.17) is 18.1 Å². The van der Waals surface area contributed by atoms with E-state index in [0.29, 0.717) is 0 Å². The first-order valence-electron chi connectivity index (χ1n) is 8.06. The van der Waals surface area contributed by atoms with Gasteiger partial charge in [-0.05, 0) is 32.0 Å². The lowest BCUT2D eigenvalue weighted by atomic mass is 10.1. The van der Waals surface area contributed by atoms with Crippen LogP contribution in [0.15, 0.2) is 0 Å². The van der Waals surface area contributed by atoms with Gasteiger partial charge in [0, 0.05) is 0 Å². The van der Waals surface area contributed by atoms with Gasteiger partial charge in [-0.2, -0.15) is 8.42 Å². The molecule has 7 nitrogen and oxygen atoms in total. The number of rotatable bonds is 7. The zero-order valence-corrected chi connectivity index (χ0v) is 17.8. The molecule has 9 heteroatoms. The van der Waals surface area contributed by atoms with Crippen LogP contribution in [0.1, 0.15) is 34.6 Å². The van der Waals surface area contributed by atoms with E-state index in [1.165, 1.54) is 0 Å². The second-order valence-electron chi connectivity index (χ2n) is 8.27. The summed E-state index contributed by atoms with van der Waals surface area (Å²) in [6.07, 6.45) is -1.37. The van der Waals surface area contributed by atoms with Crippen LogP contribution in [0.2, 0.25) is 18.1 Å². The van der Waals surface area contributed by atoms with Gasteiger partial charge in [-0.1, -0.05) is 20.8 Å². The summed E-state index contributed by atoms with van der Waals surface area (Å²) >= 11 is 0. The van der Waals surface area contributed by atoms with E-state index in [0.717, 1.165) is 6.26 Å². The molecule has 0 spiro atoms. The fraction of sp³-hybridized carbons (Fsp3) is 1.00. The summed E-state index contributed by atoms with van der Waals surface area (Å²) in [5.74, 6) is -0.922. The van der Waals surface area contributed by atoms with Crippen LogP contribution in [-0.2, 0) is 28.2 Å². The molecule has 1 aliphatic heterocycles. The minimum atomic E-state index is -3.59. The van der Waals surface area contributed by atoms with Crippen LogP contribution in [0.3, 0.4) is 0 Å². The Kier molecular flexibility index (Phi) is 6.69. The van der Waals surface area contributed by atoms with Gasteiger partial charge in [0.15, 0.2) is 14.1 Å². The fourth-order valence-corrected chi connectivity index (χ4v) is 3.52. The average molecular weight is 385 g/mol. The van der Waals surface area contributed by atoms with Gasteiger partial charge in [0.05, 0.1) is 19.5 Å². The van der Waals surface area contributed by atoms with Crippen molar-refractivity contribution < 1.29 is 31.6 Å². The molecule has 1 fully saturated rings. The van der Waals surface area contributed by atoms with Crippen molar-refractivity contribution in [1.29, 1.82) is 0 Å². The summed E-state index contributed by atoms with van der Waals surface area (Å²) in [5.41, 5.74) is 0. The van der Waals surface area contributed by atoms with Crippen molar-refractivity contribution >= 4 is 18.4 Å². The Labute approximate surface area is 146 Å². The van der Waals surface area contributed by atoms with Crippen LogP contribution < -0.4 is 0 Å². The maximum Gasteiger partial charge on any atom is 0.264 e. The molecule has 3 atom stereocenters. The minimum absolute atomic E-state index is 0.0256. The molecule has 0 saturated carbocycles. The average Bonchev–Trinajstić information content (AvgIpc) is 2.67. The molecule has 1 rings (SSSR count). The summed E-state index contributed by atoms with van der Waals surface area (Å²) in [6, 6.07) is 0. The van der Waals surface area contributed by atoms with Crippen LogP contribution >= 0.6 is 0 Å². The molecule has 0 aromatic rings. The first-order valence-corrected chi connectivity index (χ1v) is 12.8. The van der Waals surface area contributed by atoms with E-state index in [-0.39, 0.29) is 18.3 Å². The summed E-state index contributed by atoms with van der Waals surface area (Å²) in [6.45, 7) is 13.9. The van der Waals surface area contributed by atoms with Crippen molar-refractivity contribution in [2.24, 2.45) is 0 Å². The molecule has 24 heavy (non-hydrogen) atoms. The smallest absolute Gasteiger partial charge is 0.264 e. The zero-order chi connectivity index (χ0) is 19.0. The standard InChI is InChI=1S/C15H32O7SSi/c1-14(2,3)24(7,8)20-9-11(16)13-12(10-19-23(6,17)18)21-15(4,5)22-13/h11-13,16H,9-10H2,1-8H3/t11?,12-,13+/m1/s1. The highest BCUT2D eigenvalue weighted by Crippen LogP contribution is 2.37. The van der Waals surface area contributed by atoms with E-state index in [1.54, 1.807) is 13.8 Å². The first-order chi connectivity index (χ1) is 10.5. The van der Waals surface area contributed by atoms with E-state index in [2.05, 4.69) is 33.9 Å². The summed E-state index contributed by atoms with van der Waals surface area (Å²) < 4.78 is 44.6. The third-order valence-electron chi connectivity index (χ3n) is 4.47. The van der Waals surface area contributed by atoms with Gasteiger partial charge in [-0.15, -0.1) is 0 Å². The largest absolute Gasteiger partial charge is 0.414 e. The maximum absolute atomic E-state index is 11.2. The molecule has 1 N–H and O–H groups in total. The second-order valence-corrected chi connectivity index (χ2v) is 14.7. The van der Waals surface area contributed by atoms with E-state index >= 15 is 0 Å². The Bertz CT molecular complexity index is 524. The SMILES string of the molecule is CC1(C)O[C@H](COS(C)(=O)=O)[C@H](C(O)CO[Si](C)(C)C(C)(C)C)O1. The van der Waals surface area contributed by atoms with Crippen molar-refractivity contribution in [2.45, 2.75) is 76.8 Å². The number of ether oxygens (including phenoxy) is 2. The zero-order valence-electron chi connectivity index (χ0n) is 16.0. The quantitative estimate of drug-likeness (QED) is 0.529. The Morgan fingerprint density at radius 3 is 2.25 bits per heavy atom. The van der Waals surface area contributed by atoms with Crippen LogP contribution in [0.4, 0.5) is 0 Å². The van der Waals surface area contributed by atoms with E-state index in [1.807, 2.05) is 0 Å². The molecule has 0 aromatic heterocycles. The number of hydrogen-bond donors (Lipinski definition) is 1. The van der Waals surface area contributed by atoms with Crippen LogP contribution in [0.5, 0.6) is 0 Å². The number of aliphatic hydroxyl groups excluding tert-OH is 1. The lowest BCUT2D eigenvalue weighted by Gasteiger charge is -2.37. The normalized spacial score (nSPS) is 26.5. The Morgan fingerprint density at radius 1 is 1.25 bits per heavy atom. The van der Waals surface area contributed by atoms with Gasteiger partial charge in [0.25, 0.3) is 10.1 Å². The van der Waals surface area contributed by atoms with Crippen LogP contribution in [0, 0.1) is 0 Å². The minimum Gasteiger partial charge on any atom is -0.414 e. The molecule has 1 aliphatic rings. The van der Waals surface area contributed by atoms with E-state index < -0.39 is 42.5 Å². The predicted molar refractivity (Wildman–Crippen MR) is 93.8 cm³/mol. The van der Waals surface area contributed by atoms with Crippen LogP contribution in [-0.4, -0.2) is 65.4 Å². The molecule has 144 valence electrons. The highest BCUT2D eigenvalue weighted by Gasteiger charge is 2.46. The molecule has 0 aliphatic carbocycles. The summed E-state index contributed by atoms with van der Waals surface area (Å²) in [7, 11) is -5.60. The van der Waals surface area contributed by atoms with Crippen molar-refractivity contribution in [2.75, 3.05) is 19.5 Å². The summed E-state index contributed by atoms with van der Waals surface area (Å²) in [5, 5.41) is 10.5.